The molecule has 2 aromatic rings. The summed E-state index contributed by atoms with van der Waals surface area (Å²) >= 11 is 0. The van der Waals surface area contributed by atoms with E-state index in [0.29, 0.717) is 28.8 Å². The van der Waals surface area contributed by atoms with Gasteiger partial charge in [-0.05, 0) is 25.0 Å². The molecule has 8 heteroatoms. The summed E-state index contributed by atoms with van der Waals surface area (Å²) in [5.74, 6) is -0.459. The zero-order valence-corrected chi connectivity index (χ0v) is 13.2. The SMILES string of the molecule is C[C@@H]1CCC[C@@H](N)c2cc(ccn2)-c2c(cnn2C(F)F)NC1=O. The summed E-state index contributed by atoms with van der Waals surface area (Å²) in [6.45, 7) is -1.01. The molecule has 24 heavy (non-hydrogen) atoms. The van der Waals surface area contributed by atoms with Crippen LogP contribution in [0.4, 0.5) is 14.5 Å². The van der Waals surface area contributed by atoms with Crippen LogP contribution in [-0.2, 0) is 4.79 Å². The van der Waals surface area contributed by atoms with Crippen LogP contribution in [-0.4, -0.2) is 20.7 Å². The lowest BCUT2D eigenvalue weighted by atomic mass is 9.97. The van der Waals surface area contributed by atoms with Crippen LogP contribution in [0.15, 0.2) is 24.5 Å². The van der Waals surface area contributed by atoms with Crippen LogP contribution in [0.5, 0.6) is 0 Å². The molecule has 0 spiro atoms. The summed E-state index contributed by atoms with van der Waals surface area (Å²) in [7, 11) is 0. The summed E-state index contributed by atoms with van der Waals surface area (Å²) in [5, 5.41) is 6.44. The minimum atomic E-state index is -2.82. The van der Waals surface area contributed by atoms with Gasteiger partial charge < -0.3 is 11.1 Å². The Morgan fingerprint density at radius 3 is 2.96 bits per heavy atom. The molecule has 1 aliphatic heterocycles. The lowest BCUT2D eigenvalue weighted by Crippen LogP contribution is -2.22. The number of aromatic nitrogens is 3. The van der Waals surface area contributed by atoms with Gasteiger partial charge >= 0.3 is 6.55 Å². The van der Waals surface area contributed by atoms with Crippen molar-refractivity contribution in [1.29, 1.82) is 0 Å². The number of hydrogen-bond donors (Lipinski definition) is 2. The van der Waals surface area contributed by atoms with E-state index >= 15 is 0 Å². The van der Waals surface area contributed by atoms with E-state index in [1.54, 1.807) is 19.1 Å². The van der Waals surface area contributed by atoms with Crippen molar-refractivity contribution < 1.29 is 13.6 Å². The van der Waals surface area contributed by atoms with Gasteiger partial charge in [0.1, 0.15) is 0 Å². The van der Waals surface area contributed by atoms with Crippen LogP contribution in [0.1, 0.15) is 44.5 Å². The van der Waals surface area contributed by atoms with Crippen molar-refractivity contribution in [3.63, 3.8) is 0 Å². The van der Waals surface area contributed by atoms with E-state index in [9.17, 15) is 13.6 Å². The molecule has 3 N–H and O–H groups in total. The number of alkyl halides is 2. The van der Waals surface area contributed by atoms with Gasteiger partial charge in [-0.2, -0.15) is 13.9 Å². The molecule has 2 aromatic heterocycles. The molecule has 3 rings (SSSR count). The molecule has 1 aliphatic rings. The molecule has 0 fully saturated rings. The number of nitrogens with two attached hydrogens (primary N) is 1. The van der Waals surface area contributed by atoms with Crippen molar-refractivity contribution in [3.05, 3.63) is 30.2 Å². The Labute approximate surface area is 138 Å². The molecule has 2 atom stereocenters. The quantitative estimate of drug-likeness (QED) is 0.838. The van der Waals surface area contributed by atoms with Gasteiger partial charge in [-0.3, -0.25) is 9.78 Å². The van der Waals surface area contributed by atoms with Crippen molar-refractivity contribution in [2.45, 2.75) is 38.8 Å². The van der Waals surface area contributed by atoms with E-state index in [2.05, 4.69) is 15.4 Å². The van der Waals surface area contributed by atoms with E-state index in [4.69, 9.17) is 5.73 Å². The number of pyridine rings is 1. The van der Waals surface area contributed by atoms with Gasteiger partial charge in [-0.15, -0.1) is 0 Å². The van der Waals surface area contributed by atoms with Gasteiger partial charge in [0, 0.05) is 23.7 Å². The molecular formula is C16H19F2N5O. The number of halogens is 2. The van der Waals surface area contributed by atoms with E-state index in [-0.39, 0.29) is 29.2 Å². The molecule has 0 saturated heterocycles. The lowest BCUT2D eigenvalue weighted by Gasteiger charge is -2.18. The summed E-state index contributed by atoms with van der Waals surface area (Å²) in [5.41, 5.74) is 7.71. The van der Waals surface area contributed by atoms with Gasteiger partial charge in [0.25, 0.3) is 0 Å². The van der Waals surface area contributed by atoms with Crippen molar-refractivity contribution in [3.8, 4) is 11.3 Å². The van der Waals surface area contributed by atoms with Crippen LogP contribution < -0.4 is 11.1 Å². The lowest BCUT2D eigenvalue weighted by molar-refractivity contribution is -0.119. The minimum absolute atomic E-state index is 0.155. The first-order valence-corrected chi connectivity index (χ1v) is 7.85. The molecule has 0 saturated carbocycles. The van der Waals surface area contributed by atoms with Gasteiger partial charge in [-0.25, -0.2) is 4.68 Å². The monoisotopic (exact) mass is 335 g/mol. The minimum Gasteiger partial charge on any atom is -0.323 e. The number of carbonyl (C=O) groups is 1. The average Bonchev–Trinajstić information content (AvgIpc) is 2.97. The maximum atomic E-state index is 13.3. The Balaban J connectivity index is 2.15. The van der Waals surface area contributed by atoms with Crippen molar-refractivity contribution in [2.24, 2.45) is 11.7 Å². The number of nitrogens with one attached hydrogen (secondary N) is 1. The highest BCUT2D eigenvalue weighted by atomic mass is 19.3. The number of fused-ring (bicyclic) bond motifs is 4. The highest BCUT2D eigenvalue weighted by Gasteiger charge is 2.23. The largest absolute Gasteiger partial charge is 0.333 e. The molecule has 0 aromatic carbocycles. The molecule has 2 bridgehead atoms. The van der Waals surface area contributed by atoms with Crippen LogP contribution >= 0.6 is 0 Å². The zero-order chi connectivity index (χ0) is 17.3. The van der Waals surface area contributed by atoms with Gasteiger partial charge in [-0.1, -0.05) is 13.3 Å². The number of rotatable bonds is 1. The predicted molar refractivity (Wildman–Crippen MR) is 85.3 cm³/mol. The Bertz CT molecular complexity index is 746. The number of anilines is 1. The highest BCUT2D eigenvalue weighted by Crippen LogP contribution is 2.33. The van der Waals surface area contributed by atoms with Crippen molar-refractivity contribution in [1.82, 2.24) is 14.8 Å². The maximum absolute atomic E-state index is 13.3. The average molecular weight is 335 g/mol. The molecule has 1 amide bonds. The summed E-state index contributed by atoms with van der Waals surface area (Å²) in [4.78, 5) is 16.6. The molecule has 6 nitrogen and oxygen atoms in total. The Kier molecular flexibility index (Phi) is 4.57. The number of amides is 1. The number of hydrogen-bond acceptors (Lipinski definition) is 4. The fraction of sp³-hybridized carbons (Fsp3) is 0.438. The molecule has 0 radical (unpaired) electrons. The number of nitrogens with zero attached hydrogens (tertiary/aromatic N) is 3. The predicted octanol–water partition coefficient (Wildman–Crippen LogP) is 3.10. The van der Waals surface area contributed by atoms with E-state index < -0.39 is 6.55 Å². The zero-order valence-electron chi connectivity index (χ0n) is 13.2. The molecule has 128 valence electrons. The second kappa shape index (κ2) is 6.64. The fourth-order valence-corrected chi connectivity index (χ4v) is 2.87. The van der Waals surface area contributed by atoms with Crippen LogP contribution in [0.2, 0.25) is 0 Å². The third-order valence-corrected chi connectivity index (χ3v) is 4.27. The molecular weight excluding hydrogens is 316 g/mol. The van der Waals surface area contributed by atoms with Crippen LogP contribution in [0.3, 0.4) is 0 Å². The van der Waals surface area contributed by atoms with E-state index in [0.717, 1.165) is 6.42 Å². The van der Waals surface area contributed by atoms with Gasteiger partial charge in [0.15, 0.2) is 0 Å². The third-order valence-electron chi connectivity index (χ3n) is 4.27. The van der Waals surface area contributed by atoms with Gasteiger partial charge in [0.05, 0.1) is 23.3 Å². The van der Waals surface area contributed by atoms with Crippen molar-refractivity contribution >= 4 is 11.6 Å². The Hall–Kier alpha value is -2.35. The van der Waals surface area contributed by atoms with Crippen LogP contribution in [0.25, 0.3) is 11.3 Å². The Morgan fingerprint density at radius 1 is 1.42 bits per heavy atom. The first-order valence-electron chi connectivity index (χ1n) is 7.85. The van der Waals surface area contributed by atoms with Crippen molar-refractivity contribution in [2.75, 3.05) is 5.32 Å². The second-order valence-corrected chi connectivity index (χ2v) is 6.03. The standard InChI is InChI=1S/C16H19F2N5O/c1-9-3-2-4-11(19)12-7-10(5-6-20-12)14-13(22-15(9)24)8-21-23(14)16(17)18/h5-9,11,16H,2-4,19H2,1H3,(H,22,24)/t9-,11-/m1/s1. The number of carbonyl (C=O) groups excluding carboxylic acids is 1. The molecule has 0 aliphatic carbocycles. The first-order chi connectivity index (χ1) is 11.5. The topological polar surface area (TPSA) is 85.8 Å². The first kappa shape index (κ1) is 16.5. The van der Waals surface area contributed by atoms with Crippen LogP contribution in [0, 0.1) is 5.92 Å². The smallest absolute Gasteiger partial charge is 0.323 e. The highest BCUT2D eigenvalue weighted by molar-refractivity contribution is 5.95. The normalized spacial score (nSPS) is 21.6. The second-order valence-electron chi connectivity index (χ2n) is 6.03. The fourth-order valence-electron chi connectivity index (χ4n) is 2.87. The Morgan fingerprint density at radius 2 is 2.21 bits per heavy atom. The molecule has 3 heterocycles. The van der Waals surface area contributed by atoms with E-state index in [1.807, 2.05) is 0 Å². The summed E-state index contributed by atoms with van der Waals surface area (Å²) in [6.07, 6.45) is 4.91. The maximum Gasteiger partial charge on any atom is 0.333 e. The molecule has 0 unspecified atom stereocenters. The summed E-state index contributed by atoms with van der Waals surface area (Å²) in [6, 6.07) is 2.99. The van der Waals surface area contributed by atoms with E-state index in [1.165, 1.54) is 12.4 Å². The summed E-state index contributed by atoms with van der Waals surface area (Å²) < 4.78 is 27.2. The van der Waals surface area contributed by atoms with Gasteiger partial charge in [0.2, 0.25) is 5.91 Å². The third kappa shape index (κ3) is 3.14.